The number of amides is 1. The van der Waals surface area contributed by atoms with Gasteiger partial charge in [0, 0.05) is 6.42 Å². The van der Waals surface area contributed by atoms with Crippen molar-refractivity contribution in [1.29, 1.82) is 0 Å². The van der Waals surface area contributed by atoms with Gasteiger partial charge >= 0.3 is 0 Å². The third kappa shape index (κ3) is 22.4. The van der Waals surface area contributed by atoms with Crippen molar-refractivity contribution in [3.05, 3.63) is 60.8 Å². The normalized spacial score (nSPS) is 32.5. The Morgan fingerprint density at radius 3 is 1.49 bits per heavy atom. The molecule has 0 aromatic rings. The maximum atomic E-state index is 13.1. The van der Waals surface area contributed by atoms with Crippen LogP contribution in [0.5, 0.6) is 0 Å². The lowest BCUT2D eigenvalue weighted by atomic mass is 9.96. The van der Waals surface area contributed by atoms with E-state index in [0.717, 1.165) is 70.6 Å². The van der Waals surface area contributed by atoms with Gasteiger partial charge in [0.25, 0.3) is 0 Å². The van der Waals surface area contributed by atoms with Gasteiger partial charge in [-0.1, -0.05) is 139 Å². The first-order valence-corrected chi connectivity index (χ1v) is 26.5. The first-order chi connectivity index (χ1) is 34.8. The summed E-state index contributed by atoms with van der Waals surface area (Å²) in [6.07, 6.45) is 13.1. The molecular formula is C53H91NO18. The summed E-state index contributed by atoms with van der Waals surface area (Å²) in [4.78, 5) is 13.1. The highest BCUT2D eigenvalue weighted by Crippen LogP contribution is 2.33. The van der Waals surface area contributed by atoms with Crippen molar-refractivity contribution in [2.24, 2.45) is 0 Å². The number of allylic oxidation sites excluding steroid dienone is 9. The standard InChI is InChI=1S/C53H91NO18/c1-3-5-7-9-10-11-12-13-14-15-16-17-18-19-20-21-22-23-24-25-26-27-29-31-41(59)54-36(37(58)30-28-8-6-4-2)35-67-51-47(65)44(62)49(39(33-56)69-51)72-53-48(66)45(63)50(40(34-57)70-53)71-52-46(64)43(61)42(60)38(32-55)68-52/h5,7,10-11,13-14,16-17,28,30,36-40,42-53,55-58,60-66H,3-4,6,8-9,12,15,18-27,29,31-35H2,1-2H3,(H,54,59)/b7-5-,11-10-,14-13-,17-16-,30-28+. The Kier molecular flexibility index (Phi) is 33.0. The molecule has 3 heterocycles. The fourth-order valence-electron chi connectivity index (χ4n) is 8.64. The monoisotopic (exact) mass is 1030 g/mol. The number of carbonyl (C=O) groups excluding carboxylic acids is 1. The number of unbranched alkanes of at least 4 members (excludes halogenated alkanes) is 12. The minimum absolute atomic E-state index is 0.233. The van der Waals surface area contributed by atoms with E-state index in [0.29, 0.717) is 12.8 Å². The zero-order valence-corrected chi connectivity index (χ0v) is 42.6. The molecule has 0 aromatic carbocycles. The van der Waals surface area contributed by atoms with Crippen LogP contribution in [0.25, 0.3) is 0 Å². The predicted molar refractivity (Wildman–Crippen MR) is 268 cm³/mol. The molecule has 12 N–H and O–H groups in total. The highest BCUT2D eigenvalue weighted by Gasteiger charge is 2.53. The first-order valence-electron chi connectivity index (χ1n) is 26.5. The molecule has 0 aliphatic carbocycles. The molecular weight excluding hydrogens is 939 g/mol. The molecule has 3 aliphatic heterocycles. The van der Waals surface area contributed by atoms with Gasteiger partial charge in [-0.3, -0.25) is 4.79 Å². The lowest BCUT2D eigenvalue weighted by Crippen LogP contribution is -2.66. The van der Waals surface area contributed by atoms with E-state index in [9.17, 15) is 61.0 Å². The summed E-state index contributed by atoms with van der Waals surface area (Å²) in [5.74, 6) is -0.294. The second-order valence-electron chi connectivity index (χ2n) is 19.0. The van der Waals surface area contributed by atoms with Crippen LogP contribution < -0.4 is 5.32 Å². The lowest BCUT2D eigenvalue weighted by molar-refractivity contribution is -0.379. The number of aliphatic hydroxyl groups is 11. The summed E-state index contributed by atoms with van der Waals surface area (Å²) in [5.41, 5.74) is 0. The number of rotatable bonds is 36. The van der Waals surface area contributed by atoms with E-state index in [4.69, 9.17) is 28.4 Å². The molecule has 3 aliphatic rings. The molecule has 0 saturated carbocycles. The van der Waals surface area contributed by atoms with Gasteiger partial charge in [-0.15, -0.1) is 0 Å². The fraction of sp³-hybridized carbons (Fsp3) is 0.792. The second-order valence-corrected chi connectivity index (χ2v) is 19.0. The molecule has 0 radical (unpaired) electrons. The average Bonchev–Trinajstić information content (AvgIpc) is 3.38. The van der Waals surface area contributed by atoms with E-state index in [1.165, 1.54) is 32.1 Å². The maximum Gasteiger partial charge on any atom is 0.220 e. The fourth-order valence-corrected chi connectivity index (χ4v) is 8.64. The van der Waals surface area contributed by atoms with E-state index in [1.807, 2.05) is 13.0 Å². The first kappa shape index (κ1) is 63.8. The van der Waals surface area contributed by atoms with Crippen LogP contribution in [0.3, 0.4) is 0 Å². The molecule has 17 unspecified atom stereocenters. The molecule has 19 heteroatoms. The molecule has 3 fully saturated rings. The SMILES string of the molecule is CC/C=C\C/C=C\C/C=C\C/C=C\CCCCCCCCCCCCC(=O)NC(COC1OC(CO)C(OC2OC(CO)C(OC3OC(CO)C(O)C(O)C3O)C(O)C2O)C(O)C1O)C(O)/C=C/CCCC. The predicted octanol–water partition coefficient (Wildman–Crippen LogP) is 2.53. The molecule has 416 valence electrons. The third-order valence-corrected chi connectivity index (χ3v) is 13.1. The number of carbonyl (C=O) groups is 1. The van der Waals surface area contributed by atoms with Gasteiger partial charge in [-0.2, -0.15) is 0 Å². The van der Waals surface area contributed by atoms with Crippen molar-refractivity contribution in [2.75, 3.05) is 26.4 Å². The van der Waals surface area contributed by atoms with Crippen LogP contribution in [0.4, 0.5) is 0 Å². The van der Waals surface area contributed by atoms with Crippen LogP contribution in [0.2, 0.25) is 0 Å². The van der Waals surface area contributed by atoms with Crippen molar-refractivity contribution < 1.29 is 89.4 Å². The quantitative estimate of drug-likeness (QED) is 0.0317. The lowest BCUT2D eigenvalue weighted by Gasteiger charge is -2.48. The highest BCUT2D eigenvalue weighted by atomic mass is 16.8. The molecule has 0 spiro atoms. The van der Waals surface area contributed by atoms with Gasteiger partial charge in [0.05, 0.1) is 38.6 Å². The Labute approximate surface area is 426 Å². The third-order valence-electron chi connectivity index (χ3n) is 13.1. The van der Waals surface area contributed by atoms with E-state index in [2.05, 4.69) is 60.8 Å². The van der Waals surface area contributed by atoms with Crippen LogP contribution >= 0.6 is 0 Å². The zero-order chi connectivity index (χ0) is 52.7. The van der Waals surface area contributed by atoms with Gasteiger partial charge < -0.3 is 89.9 Å². The average molecular weight is 1030 g/mol. The topological polar surface area (TPSA) is 307 Å². The number of nitrogens with one attached hydrogen (secondary N) is 1. The molecule has 3 rings (SSSR count). The van der Waals surface area contributed by atoms with Crippen molar-refractivity contribution in [3.8, 4) is 0 Å². The largest absolute Gasteiger partial charge is 0.394 e. The van der Waals surface area contributed by atoms with Crippen molar-refractivity contribution in [2.45, 2.75) is 240 Å². The Morgan fingerprint density at radius 2 is 0.958 bits per heavy atom. The Balaban J connectivity index is 1.41. The number of aliphatic hydroxyl groups excluding tert-OH is 11. The molecule has 0 aromatic heterocycles. The molecule has 0 bridgehead atoms. The van der Waals surface area contributed by atoms with Gasteiger partial charge in [-0.25, -0.2) is 0 Å². The summed E-state index contributed by atoms with van der Waals surface area (Å²) >= 11 is 0. The zero-order valence-electron chi connectivity index (χ0n) is 42.6. The van der Waals surface area contributed by atoms with Gasteiger partial charge in [-0.05, 0) is 51.4 Å². The smallest absolute Gasteiger partial charge is 0.220 e. The van der Waals surface area contributed by atoms with E-state index in [-0.39, 0.29) is 18.9 Å². The van der Waals surface area contributed by atoms with Crippen LogP contribution in [0.1, 0.15) is 136 Å². The van der Waals surface area contributed by atoms with Crippen LogP contribution in [-0.2, 0) is 33.2 Å². The number of ether oxygens (including phenoxy) is 6. The van der Waals surface area contributed by atoms with E-state index >= 15 is 0 Å². The summed E-state index contributed by atoms with van der Waals surface area (Å²) in [7, 11) is 0. The van der Waals surface area contributed by atoms with Crippen LogP contribution in [0.15, 0.2) is 60.8 Å². The summed E-state index contributed by atoms with van der Waals surface area (Å²) in [5, 5.41) is 119. The molecule has 72 heavy (non-hydrogen) atoms. The molecule has 19 nitrogen and oxygen atoms in total. The van der Waals surface area contributed by atoms with E-state index < -0.39 is 124 Å². The van der Waals surface area contributed by atoms with Crippen LogP contribution in [0, 0.1) is 0 Å². The summed E-state index contributed by atoms with van der Waals surface area (Å²) in [6.45, 7) is 1.39. The van der Waals surface area contributed by atoms with Crippen molar-refractivity contribution >= 4 is 5.91 Å². The molecule has 3 saturated heterocycles. The van der Waals surface area contributed by atoms with E-state index in [1.54, 1.807) is 6.08 Å². The van der Waals surface area contributed by atoms with Gasteiger partial charge in [0.15, 0.2) is 18.9 Å². The number of hydrogen-bond acceptors (Lipinski definition) is 18. The summed E-state index contributed by atoms with van der Waals surface area (Å²) < 4.78 is 33.9. The Bertz CT molecular complexity index is 1560. The van der Waals surface area contributed by atoms with Gasteiger partial charge in [0.2, 0.25) is 5.91 Å². The van der Waals surface area contributed by atoms with Crippen LogP contribution in [-0.4, -0.2) is 193 Å². The Hall–Kier alpha value is -2.51. The molecule has 17 atom stereocenters. The summed E-state index contributed by atoms with van der Waals surface area (Å²) in [6, 6.07) is -0.973. The van der Waals surface area contributed by atoms with Crippen molar-refractivity contribution in [3.63, 3.8) is 0 Å². The minimum atomic E-state index is -1.98. The second kappa shape index (κ2) is 37.3. The van der Waals surface area contributed by atoms with Gasteiger partial charge in [0.1, 0.15) is 73.2 Å². The maximum absolute atomic E-state index is 13.1. The Morgan fingerprint density at radius 1 is 0.514 bits per heavy atom. The highest BCUT2D eigenvalue weighted by molar-refractivity contribution is 5.76. The minimum Gasteiger partial charge on any atom is -0.394 e. The number of hydrogen-bond donors (Lipinski definition) is 12. The molecule has 1 amide bonds. The van der Waals surface area contributed by atoms with Crippen molar-refractivity contribution in [1.82, 2.24) is 5.32 Å².